The van der Waals surface area contributed by atoms with Crippen LogP contribution in [-0.4, -0.2) is 39.6 Å². The zero-order valence-corrected chi connectivity index (χ0v) is 12.2. The summed E-state index contributed by atoms with van der Waals surface area (Å²) in [6.07, 6.45) is 4.07. The fraction of sp³-hybridized carbons (Fsp3) is 0.692. The van der Waals surface area contributed by atoms with Crippen molar-refractivity contribution in [3.63, 3.8) is 0 Å². The van der Waals surface area contributed by atoms with Crippen LogP contribution in [0.25, 0.3) is 0 Å². The van der Waals surface area contributed by atoms with E-state index in [4.69, 9.17) is 9.84 Å². The van der Waals surface area contributed by atoms with Crippen LogP contribution in [0, 0.1) is 12.3 Å². The lowest BCUT2D eigenvalue weighted by molar-refractivity contribution is -0.133. The highest BCUT2D eigenvalue weighted by molar-refractivity contribution is 7.99. The second-order valence-corrected chi connectivity index (χ2v) is 6.34. The molecule has 1 aromatic rings. The van der Waals surface area contributed by atoms with Crippen LogP contribution in [0.15, 0.2) is 11.4 Å². The summed E-state index contributed by atoms with van der Waals surface area (Å²) < 4.78 is 7.50. The summed E-state index contributed by atoms with van der Waals surface area (Å²) in [5.74, 6) is -0.759. The highest BCUT2D eigenvalue weighted by atomic mass is 32.2. The Balaban J connectivity index is 2.08. The number of carbonyl (C=O) groups is 1. The Morgan fingerprint density at radius 3 is 2.89 bits per heavy atom. The van der Waals surface area contributed by atoms with Gasteiger partial charge in [-0.05, 0) is 25.2 Å². The van der Waals surface area contributed by atoms with Gasteiger partial charge in [-0.2, -0.15) is 0 Å². The van der Waals surface area contributed by atoms with Gasteiger partial charge in [-0.15, -0.1) is 0 Å². The number of carboxylic acids is 1. The first-order chi connectivity index (χ1) is 8.98. The average Bonchev–Trinajstić information content (AvgIpc) is 2.67. The molecule has 2 rings (SSSR count). The van der Waals surface area contributed by atoms with Crippen LogP contribution in [0.3, 0.4) is 0 Å². The zero-order chi connectivity index (χ0) is 13.9. The predicted molar refractivity (Wildman–Crippen MR) is 73.5 cm³/mol. The van der Waals surface area contributed by atoms with E-state index in [1.807, 2.05) is 13.1 Å². The van der Waals surface area contributed by atoms with Gasteiger partial charge in [0.2, 0.25) is 0 Å². The van der Waals surface area contributed by atoms with Gasteiger partial charge in [0.15, 0.2) is 5.16 Å². The van der Waals surface area contributed by atoms with E-state index in [0.717, 1.165) is 43.5 Å². The number of aryl methyl sites for hydroxylation is 1. The Morgan fingerprint density at radius 2 is 2.26 bits per heavy atom. The van der Waals surface area contributed by atoms with Crippen molar-refractivity contribution in [2.24, 2.45) is 5.41 Å². The molecule has 0 unspecified atom stereocenters. The number of aliphatic carboxylic acids is 1. The van der Waals surface area contributed by atoms with Gasteiger partial charge in [0.05, 0.1) is 11.4 Å². The Labute approximate surface area is 117 Å². The zero-order valence-electron chi connectivity index (χ0n) is 11.4. The van der Waals surface area contributed by atoms with E-state index in [0.29, 0.717) is 0 Å². The third-order valence-electron chi connectivity index (χ3n) is 3.44. The first-order valence-electron chi connectivity index (χ1n) is 6.45. The first-order valence-corrected chi connectivity index (χ1v) is 7.43. The number of imidazole rings is 1. The summed E-state index contributed by atoms with van der Waals surface area (Å²) in [7, 11) is 0. The lowest BCUT2D eigenvalue weighted by atomic mass is 9.82. The van der Waals surface area contributed by atoms with Crippen molar-refractivity contribution in [2.45, 2.75) is 38.4 Å². The van der Waals surface area contributed by atoms with E-state index in [1.165, 1.54) is 11.8 Å². The van der Waals surface area contributed by atoms with Crippen LogP contribution >= 0.6 is 11.8 Å². The topological polar surface area (TPSA) is 64.3 Å². The number of rotatable bonds is 5. The molecule has 0 aromatic carbocycles. The number of thioether (sulfide) groups is 1. The van der Waals surface area contributed by atoms with Gasteiger partial charge in [-0.25, -0.2) is 4.98 Å². The summed E-state index contributed by atoms with van der Waals surface area (Å²) in [6, 6.07) is 0. The second kappa shape index (κ2) is 5.96. The molecule has 1 aromatic heterocycles. The van der Waals surface area contributed by atoms with Crippen LogP contribution in [0.2, 0.25) is 0 Å². The third kappa shape index (κ3) is 3.98. The molecule has 5 nitrogen and oxygen atoms in total. The Kier molecular flexibility index (Phi) is 4.52. The van der Waals surface area contributed by atoms with Crippen LogP contribution in [0.1, 0.15) is 25.5 Å². The van der Waals surface area contributed by atoms with Crippen molar-refractivity contribution in [1.29, 1.82) is 0 Å². The van der Waals surface area contributed by atoms with Crippen molar-refractivity contribution in [3.05, 3.63) is 11.9 Å². The first kappa shape index (κ1) is 14.4. The van der Waals surface area contributed by atoms with Crippen molar-refractivity contribution in [2.75, 3.05) is 19.0 Å². The minimum absolute atomic E-state index is 0.0519. The molecule has 0 aliphatic carbocycles. The number of ether oxygens (including phenoxy) is 1. The smallest absolute Gasteiger partial charge is 0.313 e. The minimum Gasteiger partial charge on any atom is -0.481 e. The number of carboxylic acid groups (broad SMARTS) is 1. The van der Waals surface area contributed by atoms with Gasteiger partial charge in [0, 0.05) is 26.0 Å². The predicted octanol–water partition coefficient (Wildman–Crippen LogP) is 2.18. The molecule has 1 saturated heterocycles. The van der Waals surface area contributed by atoms with Crippen LogP contribution in [0.5, 0.6) is 0 Å². The number of aromatic nitrogens is 2. The van der Waals surface area contributed by atoms with Crippen molar-refractivity contribution < 1.29 is 14.6 Å². The van der Waals surface area contributed by atoms with Crippen molar-refractivity contribution >= 4 is 17.7 Å². The van der Waals surface area contributed by atoms with Gasteiger partial charge >= 0.3 is 5.97 Å². The van der Waals surface area contributed by atoms with E-state index < -0.39 is 5.97 Å². The molecule has 1 aliphatic heterocycles. The molecule has 1 N–H and O–H groups in total. The lowest BCUT2D eigenvalue weighted by Gasteiger charge is -2.34. The van der Waals surface area contributed by atoms with Crippen LogP contribution < -0.4 is 0 Å². The van der Waals surface area contributed by atoms with Gasteiger partial charge in [-0.3, -0.25) is 4.79 Å². The summed E-state index contributed by atoms with van der Waals surface area (Å²) in [6.45, 7) is 6.69. The maximum absolute atomic E-state index is 10.7. The summed E-state index contributed by atoms with van der Waals surface area (Å²) in [5, 5.41) is 9.57. The standard InChI is InChI=1S/C13H20N2O3S/c1-10-7-15(12(14-10)19-8-11(16)17)9-13(2)3-5-18-6-4-13/h7H,3-6,8-9H2,1-2H3,(H,16,17). The molecule has 1 fully saturated rings. The molecule has 0 saturated carbocycles. The molecule has 19 heavy (non-hydrogen) atoms. The molecule has 0 bridgehead atoms. The van der Waals surface area contributed by atoms with Gasteiger partial charge in [0.25, 0.3) is 0 Å². The summed E-state index contributed by atoms with van der Waals surface area (Å²) >= 11 is 1.28. The lowest BCUT2D eigenvalue weighted by Crippen LogP contribution is -2.31. The largest absolute Gasteiger partial charge is 0.481 e. The van der Waals surface area contributed by atoms with Crippen molar-refractivity contribution in [3.8, 4) is 0 Å². The summed E-state index contributed by atoms with van der Waals surface area (Å²) in [5.41, 5.74) is 1.15. The SMILES string of the molecule is Cc1cn(CC2(C)CCOCC2)c(SCC(=O)O)n1. The number of hydrogen-bond acceptors (Lipinski definition) is 4. The maximum Gasteiger partial charge on any atom is 0.313 e. The van der Waals surface area contributed by atoms with E-state index in [2.05, 4.69) is 16.5 Å². The van der Waals surface area contributed by atoms with E-state index in [1.54, 1.807) is 0 Å². The number of hydrogen-bond donors (Lipinski definition) is 1. The quantitative estimate of drug-likeness (QED) is 0.840. The Morgan fingerprint density at radius 1 is 1.58 bits per heavy atom. The van der Waals surface area contributed by atoms with E-state index in [9.17, 15) is 4.79 Å². The fourth-order valence-electron chi connectivity index (χ4n) is 2.31. The van der Waals surface area contributed by atoms with Crippen LogP contribution in [-0.2, 0) is 16.1 Å². The molecule has 1 aliphatic rings. The van der Waals surface area contributed by atoms with Gasteiger partial charge in [0.1, 0.15) is 0 Å². The molecule has 0 atom stereocenters. The van der Waals surface area contributed by atoms with Gasteiger partial charge < -0.3 is 14.4 Å². The van der Waals surface area contributed by atoms with Gasteiger partial charge in [-0.1, -0.05) is 18.7 Å². The minimum atomic E-state index is -0.811. The maximum atomic E-state index is 10.7. The average molecular weight is 284 g/mol. The second-order valence-electron chi connectivity index (χ2n) is 5.40. The number of nitrogens with zero attached hydrogens (tertiary/aromatic N) is 2. The van der Waals surface area contributed by atoms with E-state index >= 15 is 0 Å². The highest BCUT2D eigenvalue weighted by Gasteiger charge is 2.28. The Hall–Kier alpha value is -1.01. The molecular formula is C13H20N2O3S. The molecular weight excluding hydrogens is 264 g/mol. The highest BCUT2D eigenvalue weighted by Crippen LogP contribution is 2.33. The Bertz CT molecular complexity index is 453. The third-order valence-corrected chi connectivity index (χ3v) is 4.41. The summed E-state index contributed by atoms with van der Waals surface area (Å²) in [4.78, 5) is 15.1. The van der Waals surface area contributed by atoms with Crippen LogP contribution in [0.4, 0.5) is 0 Å². The monoisotopic (exact) mass is 284 g/mol. The molecule has 6 heteroatoms. The normalized spacial score (nSPS) is 18.4. The molecule has 0 spiro atoms. The molecule has 0 radical (unpaired) electrons. The fourth-order valence-corrected chi connectivity index (χ4v) is 3.06. The molecule has 2 heterocycles. The molecule has 0 amide bonds. The molecule has 106 valence electrons. The van der Waals surface area contributed by atoms with Crippen molar-refractivity contribution in [1.82, 2.24) is 9.55 Å². The van der Waals surface area contributed by atoms with E-state index in [-0.39, 0.29) is 11.2 Å².